The van der Waals surface area contributed by atoms with Crippen molar-refractivity contribution in [3.8, 4) is 0 Å². The molecule has 0 fully saturated rings. The van der Waals surface area contributed by atoms with Gasteiger partial charge in [-0.2, -0.15) is 0 Å². The van der Waals surface area contributed by atoms with Crippen molar-refractivity contribution < 1.29 is 9.18 Å². The van der Waals surface area contributed by atoms with Crippen LogP contribution in [-0.2, 0) is 19.5 Å². The van der Waals surface area contributed by atoms with Crippen LogP contribution in [0.4, 0.5) is 4.39 Å². The van der Waals surface area contributed by atoms with E-state index in [0.717, 1.165) is 28.1 Å². The molecule has 0 N–H and O–H groups in total. The van der Waals surface area contributed by atoms with Gasteiger partial charge in [-0.25, -0.2) is 9.07 Å². The second-order valence-electron chi connectivity index (χ2n) is 7.31. The Bertz CT molecular complexity index is 1290. The topological polar surface area (TPSA) is 69.8 Å². The fourth-order valence-electron chi connectivity index (χ4n) is 3.67. The summed E-state index contributed by atoms with van der Waals surface area (Å²) in [5.41, 5.74) is 3.55. The Morgan fingerprint density at radius 2 is 1.80 bits per heavy atom. The van der Waals surface area contributed by atoms with Gasteiger partial charge < -0.3 is 4.57 Å². The molecule has 30 heavy (non-hydrogen) atoms. The number of nitrogens with zero attached hydrogens (tertiary/aromatic N) is 4. The third kappa shape index (κ3) is 3.78. The van der Waals surface area contributed by atoms with Gasteiger partial charge in [-0.05, 0) is 56.2 Å². The van der Waals surface area contributed by atoms with Crippen LogP contribution >= 0.6 is 0 Å². The maximum Gasteiger partial charge on any atom is 0.278 e. The number of fused-ring (bicyclic) bond motifs is 1. The first kappa shape index (κ1) is 19.7. The minimum atomic E-state index is -0.334. The summed E-state index contributed by atoms with van der Waals surface area (Å²) in [5.74, 6) is -0.449. The minimum Gasteiger partial charge on any atom is -0.348 e. The number of halogens is 1. The molecule has 152 valence electrons. The summed E-state index contributed by atoms with van der Waals surface area (Å²) >= 11 is 0. The lowest BCUT2D eigenvalue weighted by Crippen LogP contribution is -2.28. The van der Waals surface area contributed by atoms with Crippen molar-refractivity contribution in [1.82, 2.24) is 19.6 Å². The highest BCUT2D eigenvalue weighted by Crippen LogP contribution is 2.17. The first-order valence-electron chi connectivity index (χ1n) is 9.71. The van der Waals surface area contributed by atoms with Crippen molar-refractivity contribution in [2.45, 2.75) is 33.4 Å². The van der Waals surface area contributed by atoms with E-state index in [0.29, 0.717) is 23.0 Å². The Kier molecular flexibility index (Phi) is 5.27. The van der Waals surface area contributed by atoms with Gasteiger partial charge in [-0.1, -0.05) is 29.5 Å². The molecule has 2 heterocycles. The fraction of sp³-hybridized carbons (Fsp3) is 0.217. The van der Waals surface area contributed by atoms with Crippen LogP contribution in [0.15, 0.2) is 59.4 Å². The number of carbonyl (C=O) groups excluding carboxylic acids is 1. The van der Waals surface area contributed by atoms with Gasteiger partial charge in [0.1, 0.15) is 17.9 Å². The van der Waals surface area contributed by atoms with Crippen LogP contribution in [0.5, 0.6) is 0 Å². The van der Waals surface area contributed by atoms with E-state index in [1.807, 2.05) is 19.9 Å². The number of aryl methyl sites for hydroxylation is 2. The molecule has 0 saturated carbocycles. The van der Waals surface area contributed by atoms with Gasteiger partial charge in [-0.3, -0.25) is 9.59 Å². The number of aromatic nitrogens is 4. The Morgan fingerprint density at radius 3 is 2.57 bits per heavy atom. The van der Waals surface area contributed by atoms with Gasteiger partial charge in [0, 0.05) is 23.5 Å². The quantitative estimate of drug-likeness (QED) is 0.462. The zero-order valence-electron chi connectivity index (χ0n) is 16.8. The zero-order valence-corrected chi connectivity index (χ0v) is 16.8. The number of carbonyl (C=O) groups is 1. The summed E-state index contributed by atoms with van der Waals surface area (Å²) in [6.45, 7) is 4.33. The first-order valence-corrected chi connectivity index (χ1v) is 9.71. The molecule has 4 aromatic rings. The molecule has 7 heteroatoms. The van der Waals surface area contributed by atoms with Crippen LogP contribution in [-0.4, -0.2) is 25.3 Å². The van der Waals surface area contributed by atoms with Gasteiger partial charge in [-0.15, -0.1) is 5.10 Å². The highest BCUT2D eigenvalue weighted by molar-refractivity contribution is 5.97. The Labute approximate surface area is 172 Å². The van der Waals surface area contributed by atoms with E-state index in [9.17, 15) is 14.0 Å². The average molecular weight is 404 g/mol. The molecule has 0 unspecified atom stereocenters. The van der Waals surface area contributed by atoms with Crippen molar-refractivity contribution in [2.24, 2.45) is 0 Å². The lowest BCUT2D eigenvalue weighted by molar-refractivity contribution is 0.0964. The van der Waals surface area contributed by atoms with Crippen LogP contribution in [0.2, 0.25) is 0 Å². The van der Waals surface area contributed by atoms with Gasteiger partial charge in [0.05, 0.1) is 5.39 Å². The van der Waals surface area contributed by atoms with E-state index < -0.39 is 0 Å². The van der Waals surface area contributed by atoms with Gasteiger partial charge >= 0.3 is 0 Å². The highest BCUT2D eigenvalue weighted by atomic mass is 19.1. The molecular formula is C23H21FN4O2. The number of hydrogen-bond donors (Lipinski definition) is 0. The number of benzene rings is 2. The molecular weight excluding hydrogens is 383 g/mol. The van der Waals surface area contributed by atoms with E-state index in [4.69, 9.17) is 0 Å². The molecule has 6 nitrogen and oxygen atoms in total. The predicted octanol–water partition coefficient (Wildman–Crippen LogP) is 3.47. The standard InChI is InChI=1S/C23H21FN4O2/c1-15-13-20(16(2)27(15)12-11-17-7-9-18(24)10-8-17)22(29)14-28-23(30)19-5-3-4-6-21(19)25-26-28/h3-10,13H,11-12,14H2,1-2H3. The third-order valence-corrected chi connectivity index (χ3v) is 5.33. The molecule has 0 aliphatic carbocycles. The van der Waals surface area contributed by atoms with Crippen LogP contribution in [0, 0.1) is 19.7 Å². The molecule has 2 aromatic carbocycles. The van der Waals surface area contributed by atoms with E-state index in [1.54, 1.807) is 36.4 Å². The lowest BCUT2D eigenvalue weighted by atomic mass is 10.1. The largest absolute Gasteiger partial charge is 0.348 e. The van der Waals surface area contributed by atoms with Crippen LogP contribution < -0.4 is 5.56 Å². The van der Waals surface area contributed by atoms with Gasteiger partial charge in [0.25, 0.3) is 5.56 Å². The van der Waals surface area contributed by atoms with E-state index >= 15 is 0 Å². The summed E-state index contributed by atoms with van der Waals surface area (Å²) in [7, 11) is 0. The average Bonchev–Trinajstić information content (AvgIpc) is 3.03. The monoisotopic (exact) mass is 404 g/mol. The predicted molar refractivity (Wildman–Crippen MR) is 112 cm³/mol. The minimum absolute atomic E-state index is 0.168. The Balaban J connectivity index is 1.55. The smallest absolute Gasteiger partial charge is 0.278 e. The second-order valence-corrected chi connectivity index (χ2v) is 7.31. The number of hydrogen-bond acceptors (Lipinski definition) is 4. The molecule has 0 aliphatic rings. The summed E-state index contributed by atoms with van der Waals surface area (Å²) in [5, 5.41) is 8.38. The number of rotatable bonds is 6. The SMILES string of the molecule is Cc1cc(C(=O)Cn2nnc3ccccc3c2=O)c(C)n1CCc1ccc(F)cc1. The maximum absolute atomic E-state index is 13.1. The van der Waals surface area contributed by atoms with Crippen molar-refractivity contribution in [3.63, 3.8) is 0 Å². The van der Waals surface area contributed by atoms with Crippen molar-refractivity contribution in [1.29, 1.82) is 0 Å². The first-order chi connectivity index (χ1) is 14.4. The maximum atomic E-state index is 13.1. The van der Waals surface area contributed by atoms with Crippen LogP contribution in [0.25, 0.3) is 10.9 Å². The van der Waals surface area contributed by atoms with E-state index in [-0.39, 0.29) is 23.7 Å². The third-order valence-electron chi connectivity index (χ3n) is 5.33. The number of Topliss-reactive ketones (excluding diaryl/α,β-unsaturated/α-hetero) is 1. The summed E-state index contributed by atoms with van der Waals surface area (Å²) in [4.78, 5) is 25.5. The number of ketones is 1. The summed E-state index contributed by atoms with van der Waals surface area (Å²) < 4.78 is 16.3. The van der Waals surface area contributed by atoms with Crippen LogP contribution in [0.3, 0.4) is 0 Å². The molecule has 0 spiro atoms. The molecule has 0 atom stereocenters. The second kappa shape index (κ2) is 8.02. The molecule has 0 amide bonds. The van der Waals surface area contributed by atoms with Gasteiger partial charge in [0.2, 0.25) is 0 Å². The fourth-order valence-corrected chi connectivity index (χ4v) is 3.67. The van der Waals surface area contributed by atoms with Crippen molar-refractivity contribution in [3.05, 3.63) is 93.3 Å². The lowest BCUT2D eigenvalue weighted by Gasteiger charge is -2.10. The molecule has 0 bridgehead atoms. The molecule has 0 saturated heterocycles. The summed E-state index contributed by atoms with van der Waals surface area (Å²) in [6, 6.07) is 15.2. The normalized spacial score (nSPS) is 11.2. The highest BCUT2D eigenvalue weighted by Gasteiger charge is 2.18. The Hall–Kier alpha value is -3.61. The molecule has 2 aromatic heterocycles. The van der Waals surface area contributed by atoms with Crippen LogP contribution in [0.1, 0.15) is 27.3 Å². The van der Waals surface area contributed by atoms with E-state index in [1.165, 1.54) is 12.1 Å². The molecule has 4 rings (SSSR count). The van der Waals surface area contributed by atoms with E-state index in [2.05, 4.69) is 14.9 Å². The molecule has 0 aliphatic heterocycles. The zero-order chi connectivity index (χ0) is 21.3. The van der Waals surface area contributed by atoms with Gasteiger partial charge in [0.15, 0.2) is 5.78 Å². The van der Waals surface area contributed by atoms with Crippen molar-refractivity contribution in [2.75, 3.05) is 0 Å². The Morgan fingerprint density at radius 1 is 1.07 bits per heavy atom. The van der Waals surface area contributed by atoms with Crippen molar-refractivity contribution >= 4 is 16.7 Å². The molecule has 0 radical (unpaired) electrons. The summed E-state index contributed by atoms with van der Waals surface area (Å²) in [6.07, 6.45) is 0.722.